The molecule has 15 heavy (non-hydrogen) atoms. The van der Waals surface area contributed by atoms with Crippen LogP contribution in [-0.4, -0.2) is 5.78 Å². The van der Waals surface area contributed by atoms with Gasteiger partial charge in [0, 0.05) is 5.92 Å². The van der Waals surface area contributed by atoms with Crippen LogP contribution >= 0.6 is 0 Å². The Morgan fingerprint density at radius 3 is 2.60 bits per heavy atom. The van der Waals surface area contributed by atoms with Gasteiger partial charge < -0.3 is 0 Å². The van der Waals surface area contributed by atoms with Crippen molar-refractivity contribution in [1.82, 2.24) is 0 Å². The molecule has 0 aliphatic heterocycles. The highest BCUT2D eigenvalue weighted by Gasteiger charge is 2.42. The monoisotopic (exact) mass is 208 g/mol. The van der Waals surface area contributed by atoms with E-state index in [-0.39, 0.29) is 0 Å². The van der Waals surface area contributed by atoms with E-state index in [1.165, 1.54) is 32.1 Å². The number of carbonyl (C=O) groups excluding carboxylic acids is 1. The molecule has 0 radical (unpaired) electrons. The molecule has 2 saturated carbocycles. The molecule has 3 atom stereocenters. The number of carbonyl (C=O) groups is 1. The quantitative estimate of drug-likeness (QED) is 0.640. The van der Waals surface area contributed by atoms with Crippen LogP contribution in [0.5, 0.6) is 0 Å². The molecule has 0 unspecified atom stereocenters. The van der Waals surface area contributed by atoms with Gasteiger partial charge >= 0.3 is 0 Å². The zero-order chi connectivity index (χ0) is 11.1. The third kappa shape index (κ3) is 2.11. The Hall–Kier alpha value is -0.330. The van der Waals surface area contributed by atoms with E-state index in [0.717, 1.165) is 18.3 Å². The van der Waals surface area contributed by atoms with Gasteiger partial charge in [-0.15, -0.1) is 0 Å². The van der Waals surface area contributed by atoms with E-state index in [0.29, 0.717) is 17.1 Å². The molecule has 0 saturated heterocycles. The molecule has 1 nitrogen and oxygen atoms in total. The van der Waals surface area contributed by atoms with Crippen molar-refractivity contribution in [1.29, 1.82) is 0 Å². The summed E-state index contributed by atoms with van der Waals surface area (Å²) < 4.78 is 0. The zero-order valence-electron chi connectivity index (χ0n) is 10.4. The van der Waals surface area contributed by atoms with E-state index in [9.17, 15) is 4.79 Å². The van der Waals surface area contributed by atoms with Crippen LogP contribution in [0.2, 0.25) is 0 Å². The van der Waals surface area contributed by atoms with Crippen LogP contribution in [0.25, 0.3) is 0 Å². The SMILES string of the molecule is CC(=O)[C@@H]1CC[C@@H]2CCCC(C)(C)[C@@H]2C1. The standard InChI is InChI=1S/C14H24O/c1-10(15)12-7-6-11-5-4-8-14(2,3)13(11)9-12/h11-13H,4-9H2,1-3H3/t11-,12+,13+/m0/s1. The van der Waals surface area contributed by atoms with Gasteiger partial charge in [-0.25, -0.2) is 0 Å². The Labute approximate surface area is 93.6 Å². The summed E-state index contributed by atoms with van der Waals surface area (Å²) in [5.74, 6) is 2.54. The van der Waals surface area contributed by atoms with Crippen LogP contribution in [0.3, 0.4) is 0 Å². The van der Waals surface area contributed by atoms with Gasteiger partial charge in [-0.2, -0.15) is 0 Å². The lowest BCUT2D eigenvalue weighted by Gasteiger charge is -2.48. The molecule has 0 bridgehead atoms. The molecular formula is C14H24O. The van der Waals surface area contributed by atoms with Crippen LogP contribution in [0.4, 0.5) is 0 Å². The van der Waals surface area contributed by atoms with Gasteiger partial charge in [-0.05, 0) is 49.9 Å². The number of fused-ring (bicyclic) bond motifs is 1. The Bertz CT molecular complexity index is 254. The smallest absolute Gasteiger partial charge is 0.132 e. The van der Waals surface area contributed by atoms with Crippen LogP contribution < -0.4 is 0 Å². The lowest BCUT2D eigenvalue weighted by Crippen LogP contribution is -2.40. The molecule has 0 aromatic heterocycles. The van der Waals surface area contributed by atoms with Crippen LogP contribution in [0, 0.1) is 23.2 Å². The molecule has 86 valence electrons. The van der Waals surface area contributed by atoms with Crippen molar-refractivity contribution in [2.75, 3.05) is 0 Å². The fraction of sp³-hybridized carbons (Fsp3) is 0.929. The molecule has 2 aliphatic rings. The molecule has 2 fully saturated rings. The second kappa shape index (κ2) is 3.92. The second-order valence-electron chi connectivity index (χ2n) is 6.37. The zero-order valence-corrected chi connectivity index (χ0v) is 10.4. The van der Waals surface area contributed by atoms with Gasteiger partial charge in [0.15, 0.2) is 0 Å². The predicted octanol–water partition coefficient (Wildman–Crippen LogP) is 3.82. The number of rotatable bonds is 1. The highest BCUT2D eigenvalue weighted by molar-refractivity contribution is 5.78. The minimum atomic E-state index is 0.378. The minimum absolute atomic E-state index is 0.378. The maximum atomic E-state index is 11.5. The third-order valence-electron chi connectivity index (χ3n) is 4.97. The average Bonchev–Trinajstić information content (AvgIpc) is 2.17. The minimum Gasteiger partial charge on any atom is -0.300 e. The third-order valence-corrected chi connectivity index (χ3v) is 4.97. The van der Waals surface area contributed by atoms with E-state index in [4.69, 9.17) is 0 Å². The normalized spacial score (nSPS) is 39.5. The molecule has 2 rings (SSSR count). The van der Waals surface area contributed by atoms with Crippen LogP contribution in [0.1, 0.15) is 59.3 Å². The summed E-state index contributed by atoms with van der Waals surface area (Å²) >= 11 is 0. The Morgan fingerprint density at radius 2 is 1.93 bits per heavy atom. The summed E-state index contributed by atoms with van der Waals surface area (Å²) in [5, 5.41) is 0. The molecule has 0 heterocycles. The summed E-state index contributed by atoms with van der Waals surface area (Å²) in [5.41, 5.74) is 0.483. The molecule has 1 heteroatoms. The van der Waals surface area contributed by atoms with Gasteiger partial charge in [0.2, 0.25) is 0 Å². The molecular weight excluding hydrogens is 184 g/mol. The largest absolute Gasteiger partial charge is 0.300 e. The van der Waals surface area contributed by atoms with Gasteiger partial charge in [0.1, 0.15) is 5.78 Å². The topological polar surface area (TPSA) is 17.1 Å². The van der Waals surface area contributed by atoms with Crippen molar-refractivity contribution in [2.45, 2.75) is 59.3 Å². The van der Waals surface area contributed by atoms with E-state index in [1.807, 2.05) is 0 Å². The number of Topliss-reactive ketones (excluding diaryl/α,β-unsaturated/α-hetero) is 1. The number of hydrogen-bond donors (Lipinski definition) is 0. The van der Waals surface area contributed by atoms with Crippen molar-refractivity contribution in [3.05, 3.63) is 0 Å². The highest BCUT2D eigenvalue weighted by Crippen LogP contribution is 2.51. The lowest BCUT2D eigenvalue weighted by atomic mass is 9.57. The summed E-state index contributed by atoms with van der Waals surface area (Å²) in [4.78, 5) is 11.5. The Morgan fingerprint density at radius 1 is 1.20 bits per heavy atom. The van der Waals surface area contributed by atoms with Crippen molar-refractivity contribution < 1.29 is 4.79 Å². The summed E-state index contributed by atoms with van der Waals surface area (Å²) in [6.07, 6.45) is 7.81. The first-order chi connectivity index (χ1) is 7.00. The summed E-state index contributed by atoms with van der Waals surface area (Å²) in [6, 6.07) is 0. The molecule has 0 aromatic carbocycles. The van der Waals surface area contributed by atoms with Crippen molar-refractivity contribution in [2.24, 2.45) is 23.2 Å². The summed E-state index contributed by atoms with van der Waals surface area (Å²) in [7, 11) is 0. The first kappa shape index (κ1) is 11.2. The second-order valence-corrected chi connectivity index (χ2v) is 6.37. The number of ketones is 1. The summed E-state index contributed by atoms with van der Waals surface area (Å²) in [6.45, 7) is 6.60. The van der Waals surface area contributed by atoms with Gasteiger partial charge in [-0.3, -0.25) is 4.79 Å². The molecule has 2 aliphatic carbocycles. The van der Waals surface area contributed by atoms with E-state index < -0.39 is 0 Å². The Balaban J connectivity index is 2.10. The highest BCUT2D eigenvalue weighted by atomic mass is 16.1. The van der Waals surface area contributed by atoms with E-state index in [2.05, 4.69) is 13.8 Å². The Kier molecular flexibility index (Phi) is 2.92. The molecule has 0 amide bonds. The molecule has 0 N–H and O–H groups in total. The molecule has 0 aromatic rings. The first-order valence-electron chi connectivity index (χ1n) is 6.51. The van der Waals surface area contributed by atoms with Crippen molar-refractivity contribution >= 4 is 5.78 Å². The van der Waals surface area contributed by atoms with Gasteiger partial charge in [0.25, 0.3) is 0 Å². The van der Waals surface area contributed by atoms with Crippen LogP contribution in [0.15, 0.2) is 0 Å². The van der Waals surface area contributed by atoms with Crippen molar-refractivity contribution in [3.8, 4) is 0 Å². The van der Waals surface area contributed by atoms with Gasteiger partial charge in [-0.1, -0.05) is 26.7 Å². The number of hydrogen-bond acceptors (Lipinski definition) is 1. The maximum absolute atomic E-state index is 11.5. The fourth-order valence-electron chi connectivity index (χ4n) is 3.91. The van der Waals surface area contributed by atoms with Crippen LogP contribution in [-0.2, 0) is 4.79 Å². The van der Waals surface area contributed by atoms with E-state index >= 15 is 0 Å². The first-order valence-corrected chi connectivity index (χ1v) is 6.51. The lowest BCUT2D eigenvalue weighted by molar-refractivity contribution is -0.124. The van der Waals surface area contributed by atoms with E-state index in [1.54, 1.807) is 6.92 Å². The average molecular weight is 208 g/mol. The maximum Gasteiger partial charge on any atom is 0.132 e. The fourth-order valence-corrected chi connectivity index (χ4v) is 3.91. The predicted molar refractivity (Wildman–Crippen MR) is 62.6 cm³/mol. The van der Waals surface area contributed by atoms with Gasteiger partial charge in [0.05, 0.1) is 0 Å². The molecule has 0 spiro atoms. The van der Waals surface area contributed by atoms with Crippen molar-refractivity contribution in [3.63, 3.8) is 0 Å².